The van der Waals surface area contributed by atoms with Crippen molar-refractivity contribution in [1.82, 2.24) is 0 Å². The fourth-order valence-corrected chi connectivity index (χ4v) is 2.54. The summed E-state index contributed by atoms with van der Waals surface area (Å²) in [6, 6.07) is 20.0. The summed E-state index contributed by atoms with van der Waals surface area (Å²) in [6.45, 7) is 0. The Labute approximate surface area is 123 Å². The van der Waals surface area contributed by atoms with E-state index in [1.54, 1.807) is 24.3 Å². The van der Waals surface area contributed by atoms with E-state index in [0.29, 0.717) is 29.2 Å². The van der Waals surface area contributed by atoms with Gasteiger partial charge in [0.1, 0.15) is 5.82 Å². The number of halogens is 1. The second-order valence-electron chi connectivity index (χ2n) is 5.05. The molecule has 0 aliphatic heterocycles. The quantitative estimate of drug-likeness (QED) is 0.627. The number of Topliss-reactive ketones (excluding diaryl/α,β-unsaturated/α-hetero) is 1. The molecule has 104 valence electrons. The minimum atomic E-state index is -0.287. The van der Waals surface area contributed by atoms with Crippen LogP contribution in [0.25, 0.3) is 10.8 Å². The maximum atomic E-state index is 13.8. The van der Waals surface area contributed by atoms with Crippen LogP contribution in [0, 0.1) is 5.82 Å². The van der Waals surface area contributed by atoms with Crippen molar-refractivity contribution in [2.75, 3.05) is 0 Å². The van der Waals surface area contributed by atoms with Gasteiger partial charge in [0.25, 0.3) is 0 Å². The fourth-order valence-electron chi connectivity index (χ4n) is 2.54. The van der Waals surface area contributed by atoms with Crippen molar-refractivity contribution < 1.29 is 9.18 Å². The van der Waals surface area contributed by atoms with Gasteiger partial charge < -0.3 is 0 Å². The number of benzene rings is 3. The van der Waals surface area contributed by atoms with Crippen LogP contribution in [0.3, 0.4) is 0 Å². The van der Waals surface area contributed by atoms with Crippen LogP contribution in [0.5, 0.6) is 0 Å². The summed E-state index contributed by atoms with van der Waals surface area (Å²) >= 11 is 0. The standard InChI is InChI=1S/C19H15FO/c20-18-12-11-17(15-8-4-5-9-16(15)18)19(21)13-10-14-6-2-1-3-7-14/h1-9,11-12H,10,13H2. The summed E-state index contributed by atoms with van der Waals surface area (Å²) in [4.78, 5) is 12.4. The van der Waals surface area contributed by atoms with Gasteiger partial charge in [0, 0.05) is 17.4 Å². The molecular weight excluding hydrogens is 263 g/mol. The molecule has 21 heavy (non-hydrogen) atoms. The summed E-state index contributed by atoms with van der Waals surface area (Å²) < 4.78 is 13.8. The van der Waals surface area contributed by atoms with Crippen LogP contribution in [-0.2, 0) is 6.42 Å². The highest BCUT2D eigenvalue weighted by molar-refractivity contribution is 6.08. The minimum absolute atomic E-state index is 0.0510. The Hall–Kier alpha value is -2.48. The Morgan fingerprint density at radius 3 is 2.24 bits per heavy atom. The van der Waals surface area contributed by atoms with Gasteiger partial charge in [-0.15, -0.1) is 0 Å². The summed E-state index contributed by atoms with van der Waals surface area (Å²) in [5.41, 5.74) is 1.74. The van der Waals surface area contributed by atoms with Crippen LogP contribution in [-0.4, -0.2) is 5.78 Å². The third kappa shape index (κ3) is 2.84. The highest BCUT2D eigenvalue weighted by Crippen LogP contribution is 2.23. The summed E-state index contributed by atoms with van der Waals surface area (Å²) in [7, 11) is 0. The molecule has 0 fully saturated rings. The van der Waals surface area contributed by atoms with Gasteiger partial charge in [0.15, 0.2) is 5.78 Å². The zero-order valence-electron chi connectivity index (χ0n) is 11.6. The molecule has 0 saturated heterocycles. The molecule has 0 heterocycles. The van der Waals surface area contributed by atoms with Gasteiger partial charge in [-0.1, -0.05) is 54.6 Å². The van der Waals surface area contributed by atoms with Gasteiger partial charge in [0.05, 0.1) is 0 Å². The first kappa shape index (κ1) is 13.5. The number of carbonyl (C=O) groups excluding carboxylic acids is 1. The van der Waals surface area contributed by atoms with Gasteiger partial charge >= 0.3 is 0 Å². The van der Waals surface area contributed by atoms with Crippen LogP contribution in [0.4, 0.5) is 4.39 Å². The lowest BCUT2D eigenvalue weighted by Crippen LogP contribution is -2.02. The molecule has 3 aromatic rings. The topological polar surface area (TPSA) is 17.1 Å². The Bertz CT molecular complexity index is 778. The molecule has 3 aromatic carbocycles. The van der Waals surface area contributed by atoms with Crippen molar-refractivity contribution in [1.29, 1.82) is 0 Å². The van der Waals surface area contributed by atoms with E-state index in [2.05, 4.69) is 0 Å². The minimum Gasteiger partial charge on any atom is -0.294 e. The Morgan fingerprint density at radius 1 is 0.810 bits per heavy atom. The molecule has 0 aliphatic carbocycles. The fraction of sp³-hybridized carbons (Fsp3) is 0.105. The molecule has 0 N–H and O–H groups in total. The summed E-state index contributed by atoms with van der Waals surface area (Å²) in [5, 5.41) is 1.19. The van der Waals surface area contributed by atoms with E-state index in [1.807, 2.05) is 36.4 Å². The highest BCUT2D eigenvalue weighted by Gasteiger charge is 2.12. The average Bonchev–Trinajstić information content (AvgIpc) is 2.54. The molecule has 0 amide bonds. The molecule has 0 saturated carbocycles. The van der Waals surface area contributed by atoms with Crippen molar-refractivity contribution in [3.63, 3.8) is 0 Å². The Kier molecular flexibility index (Phi) is 3.78. The number of fused-ring (bicyclic) bond motifs is 1. The van der Waals surface area contributed by atoms with Crippen LogP contribution >= 0.6 is 0 Å². The zero-order chi connectivity index (χ0) is 14.7. The first-order valence-electron chi connectivity index (χ1n) is 7.00. The first-order valence-corrected chi connectivity index (χ1v) is 7.00. The number of hydrogen-bond donors (Lipinski definition) is 0. The predicted octanol–water partition coefficient (Wildman–Crippen LogP) is 4.79. The Morgan fingerprint density at radius 2 is 1.48 bits per heavy atom. The third-order valence-corrected chi connectivity index (χ3v) is 3.65. The average molecular weight is 278 g/mol. The van der Waals surface area contributed by atoms with Crippen LogP contribution in [0.15, 0.2) is 66.7 Å². The first-order chi connectivity index (χ1) is 10.3. The van der Waals surface area contributed by atoms with Crippen molar-refractivity contribution in [3.8, 4) is 0 Å². The van der Waals surface area contributed by atoms with Crippen molar-refractivity contribution in [2.24, 2.45) is 0 Å². The number of aryl methyl sites for hydroxylation is 1. The van der Waals surface area contributed by atoms with E-state index < -0.39 is 0 Å². The van der Waals surface area contributed by atoms with Gasteiger partial charge in [-0.3, -0.25) is 4.79 Å². The highest BCUT2D eigenvalue weighted by atomic mass is 19.1. The normalized spacial score (nSPS) is 10.7. The van der Waals surface area contributed by atoms with Crippen LogP contribution in [0.1, 0.15) is 22.3 Å². The number of carbonyl (C=O) groups is 1. The molecule has 0 aliphatic rings. The van der Waals surface area contributed by atoms with E-state index in [4.69, 9.17) is 0 Å². The number of rotatable bonds is 4. The van der Waals surface area contributed by atoms with E-state index in [9.17, 15) is 9.18 Å². The number of hydrogen-bond acceptors (Lipinski definition) is 1. The van der Waals surface area contributed by atoms with Crippen LogP contribution in [0.2, 0.25) is 0 Å². The lowest BCUT2D eigenvalue weighted by atomic mass is 9.97. The lowest BCUT2D eigenvalue weighted by molar-refractivity contribution is 0.0984. The summed E-state index contributed by atoms with van der Waals surface area (Å²) in [6.07, 6.45) is 1.13. The van der Waals surface area contributed by atoms with Crippen molar-refractivity contribution >= 4 is 16.6 Å². The molecule has 1 nitrogen and oxygen atoms in total. The number of ketones is 1. The molecule has 0 atom stereocenters. The SMILES string of the molecule is O=C(CCc1ccccc1)c1ccc(F)c2ccccc12. The second kappa shape index (κ2) is 5.88. The smallest absolute Gasteiger partial charge is 0.163 e. The summed E-state index contributed by atoms with van der Waals surface area (Å²) in [5.74, 6) is -0.236. The zero-order valence-corrected chi connectivity index (χ0v) is 11.6. The van der Waals surface area contributed by atoms with Crippen molar-refractivity contribution in [2.45, 2.75) is 12.8 Å². The maximum Gasteiger partial charge on any atom is 0.163 e. The molecule has 0 bridgehead atoms. The van der Waals surface area contributed by atoms with Gasteiger partial charge in [-0.05, 0) is 29.5 Å². The van der Waals surface area contributed by atoms with Crippen molar-refractivity contribution in [3.05, 3.63) is 83.7 Å². The van der Waals surface area contributed by atoms with Gasteiger partial charge in [-0.25, -0.2) is 4.39 Å². The van der Waals surface area contributed by atoms with E-state index in [-0.39, 0.29) is 11.6 Å². The van der Waals surface area contributed by atoms with E-state index >= 15 is 0 Å². The second-order valence-corrected chi connectivity index (χ2v) is 5.05. The van der Waals surface area contributed by atoms with Gasteiger partial charge in [-0.2, -0.15) is 0 Å². The third-order valence-electron chi connectivity index (χ3n) is 3.65. The van der Waals surface area contributed by atoms with Gasteiger partial charge in [0.2, 0.25) is 0 Å². The molecule has 0 unspecified atom stereocenters. The predicted molar refractivity (Wildman–Crippen MR) is 83.0 cm³/mol. The molecule has 0 spiro atoms. The largest absolute Gasteiger partial charge is 0.294 e. The van der Waals surface area contributed by atoms with E-state index in [0.717, 1.165) is 5.56 Å². The molecule has 2 heteroatoms. The van der Waals surface area contributed by atoms with E-state index in [1.165, 1.54) is 6.07 Å². The Balaban J connectivity index is 1.87. The lowest BCUT2D eigenvalue weighted by Gasteiger charge is -2.07. The maximum absolute atomic E-state index is 13.8. The monoisotopic (exact) mass is 278 g/mol. The molecule has 0 radical (unpaired) electrons. The molecular formula is C19H15FO. The molecule has 3 rings (SSSR count). The van der Waals surface area contributed by atoms with Crippen LogP contribution < -0.4 is 0 Å². The molecule has 0 aromatic heterocycles.